The van der Waals surface area contributed by atoms with E-state index in [9.17, 15) is 27.6 Å². The van der Waals surface area contributed by atoms with E-state index in [0.29, 0.717) is 5.69 Å². The zero-order valence-electron chi connectivity index (χ0n) is 17.1. The number of rotatable bonds is 8. The third kappa shape index (κ3) is 8.49. The number of amides is 2. The number of aryl methyl sites for hydroxylation is 2. The molecule has 0 aromatic heterocycles. The van der Waals surface area contributed by atoms with Crippen LogP contribution in [0.3, 0.4) is 0 Å². The summed E-state index contributed by atoms with van der Waals surface area (Å²) in [5, 5.41) is 4.99. The van der Waals surface area contributed by atoms with Gasteiger partial charge in [-0.25, -0.2) is 0 Å². The molecule has 2 amide bonds. The van der Waals surface area contributed by atoms with Gasteiger partial charge in [-0.1, -0.05) is 12.1 Å². The van der Waals surface area contributed by atoms with E-state index in [4.69, 9.17) is 4.74 Å². The predicted molar refractivity (Wildman–Crippen MR) is 109 cm³/mol. The van der Waals surface area contributed by atoms with Gasteiger partial charge >= 0.3 is 12.1 Å². The number of hydrogen-bond acceptors (Lipinski definition) is 4. The number of carbonyl (C=O) groups excluding carboxylic acids is 3. The number of hydrogen-bond donors (Lipinski definition) is 2. The second kappa shape index (κ2) is 10.6. The van der Waals surface area contributed by atoms with Crippen LogP contribution >= 0.6 is 0 Å². The van der Waals surface area contributed by atoms with Crippen LogP contribution in [-0.4, -0.2) is 24.4 Å². The van der Waals surface area contributed by atoms with Crippen molar-refractivity contribution >= 4 is 29.2 Å². The molecule has 0 heterocycles. The van der Waals surface area contributed by atoms with Gasteiger partial charge in [0.2, 0.25) is 5.91 Å². The second-order valence-corrected chi connectivity index (χ2v) is 7.07. The molecule has 2 N–H and O–H groups in total. The van der Waals surface area contributed by atoms with Crippen LogP contribution < -0.4 is 10.6 Å². The first-order valence-electron chi connectivity index (χ1n) is 9.54. The summed E-state index contributed by atoms with van der Waals surface area (Å²) in [6.07, 6.45) is -4.57. The van der Waals surface area contributed by atoms with Gasteiger partial charge in [0, 0.05) is 24.2 Å². The third-order valence-electron chi connectivity index (χ3n) is 4.13. The van der Waals surface area contributed by atoms with E-state index in [2.05, 4.69) is 10.6 Å². The van der Waals surface area contributed by atoms with E-state index in [1.165, 1.54) is 12.1 Å². The molecule has 0 aliphatic carbocycles. The first-order valence-corrected chi connectivity index (χ1v) is 9.54. The quantitative estimate of drug-likeness (QED) is 0.592. The maximum Gasteiger partial charge on any atom is 0.416 e. The first kappa shape index (κ1) is 23.9. The first-order chi connectivity index (χ1) is 14.5. The normalized spacial score (nSPS) is 11.0. The van der Waals surface area contributed by atoms with Crippen molar-refractivity contribution in [1.82, 2.24) is 0 Å². The van der Waals surface area contributed by atoms with Crippen molar-refractivity contribution in [3.8, 4) is 0 Å². The van der Waals surface area contributed by atoms with Gasteiger partial charge in [-0.15, -0.1) is 0 Å². The van der Waals surface area contributed by atoms with Gasteiger partial charge in [-0.3, -0.25) is 14.4 Å². The Kier molecular flexibility index (Phi) is 8.18. The standard InChI is InChI=1S/C22H23F3N2O4/c1-14-9-15(2)11-18(10-14)27-20(29)13-31-21(30)8-4-7-19(28)26-17-6-3-5-16(12-17)22(23,24)25/h3,5-6,9-12H,4,7-8,13H2,1-2H3,(H,26,28)(H,27,29). The van der Waals surface area contributed by atoms with E-state index < -0.39 is 36.1 Å². The van der Waals surface area contributed by atoms with Crippen molar-refractivity contribution in [2.45, 2.75) is 39.3 Å². The largest absolute Gasteiger partial charge is 0.456 e. The molecule has 0 unspecified atom stereocenters. The number of carbonyl (C=O) groups is 3. The zero-order valence-corrected chi connectivity index (χ0v) is 17.1. The molecule has 0 radical (unpaired) electrons. The Morgan fingerprint density at radius 3 is 2.16 bits per heavy atom. The Hall–Kier alpha value is -3.36. The fourth-order valence-electron chi connectivity index (χ4n) is 2.85. The molecular formula is C22H23F3N2O4. The van der Waals surface area contributed by atoms with Crippen molar-refractivity contribution < 1.29 is 32.3 Å². The maximum atomic E-state index is 12.7. The summed E-state index contributed by atoms with van der Waals surface area (Å²) in [7, 11) is 0. The molecule has 2 rings (SSSR count). The highest BCUT2D eigenvalue weighted by atomic mass is 19.4. The zero-order chi connectivity index (χ0) is 23.0. The van der Waals surface area contributed by atoms with Gasteiger partial charge < -0.3 is 15.4 Å². The Morgan fingerprint density at radius 2 is 1.52 bits per heavy atom. The van der Waals surface area contributed by atoms with Crippen molar-refractivity contribution in [3.63, 3.8) is 0 Å². The van der Waals surface area contributed by atoms with Crippen molar-refractivity contribution in [1.29, 1.82) is 0 Å². The lowest BCUT2D eigenvalue weighted by Gasteiger charge is -2.10. The average molecular weight is 436 g/mol. The fraction of sp³-hybridized carbons (Fsp3) is 0.318. The van der Waals surface area contributed by atoms with Gasteiger partial charge in [-0.05, 0) is 61.7 Å². The Morgan fingerprint density at radius 1 is 0.871 bits per heavy atom. The summed E-state index contributed by atoms with van der Waals surface area (Å²) < 4.78 is 43.0. The summed E-state index contributed by atoms with van der Waals surface area (Å²) in [5.41, 5.74) is 1.72. The lowest BCUT2D eigenvalue weighted by Crippen LogP contribution is -2.21. The minimum absolute atomic E-state index is 0.0189. The average Bonchev–Trinajstić information content (AvgIpc) is 2.65. The summed E-state index contributed by atoms with van der Waals surface area (Å²) in [4.78, 5) is 35.5. The Labute approximate surface area is 177 Å². The molecule has 0 bridgehead atoms. The second-order valence-electron chi connectivity index (χ2n) is 7.07. The molecule has 0 saturated carbocycles. The summed E-state index contributed by atoms with van der Waals surface area (Å²) in [5.74, 6) is -1.66. The van der Waals surface area contributed by atoms with E-state index in [1.807, 2.05) is 19.9 Å². The van der Waals surface area contributed by atoms with Crippen LogP contribution in [0.1, 0.15) is 36.0 Å². The van der Waals surface area contributed by atoms with E-state index >= 15 is 0 Å². The molecule has 0 fully saturated rings. The van der Waals surface area contributed by atoms with Crippen LogP contribution in [-0.2, 0) is 25.3 Å². The number of ether oxygens (including phenoxy) is 1. The molecule has 0 spiro atoms. The molecule has 31 heavy (non-hydrogen) atoms. The molecule has 0 saturated heterocycles. The van der Waals surface area contributed by atoms with Crippen LogP contribution in [0.15, 0.2) is 42.5 Å². The molecular weight excluding hydrogens is 413 g/mol. The van der Waals surface area contributed by atoms with Gasteiger partial charge in [0.1, 0.15) is 0 Å². The molecule has 0 atom stereocenters. The minimum Gasteiger partial charge on any atom is -0.456 e. The van der Waals surface area contributed by atoms with Gasteiger partial charge in [0.15, 0.2) is 6.61 Å². The maximum absolute atomic E-state index is 12.7. The van der Waals surface area contributed by atoms with Gasteiger partial charge in [0.25, 0.3) is 5.91 Å². The van der Waals surface area contributed by atoms with Gasteiger partial charge in [-0.2, -0.15) is 13.2 Å². The number of nitrogens with one attached hydrogen (secondary N) is 2. The molecule has 0 aliphatic rings. The lowest BCUT2D eigenvalue weighted by atomic mass is 10.1. The van der Waals surface area contributed by atoms with E-state index in [-0.39, 0.29) is 24.9 Å². The highest BCUT2D eigenvalue weighted by Crippen LogP contribution is 2.30. The SMILES string of the molecule is Cc1cc(C)cc(NC(=O)COC(=O)CCCC(=O)Nc2cccc(C(F)(F)F)c2)c1. The summed E-state index contributed by atoms with van der Waals surface area (Å²) in [6.45, 7) is 3.33. The van der Waals surface area contributed by atoms with Crippen molar-refractivity contribution in [3.05, 3.63) is 59.2 Å². The highest BCUT2D eigenvalue weighted by Gasteiger charge is 2.30. The van der Waals surface area contributed by atoms with Crippen molar-refractivity contribution in [2.75, 3.05) is 17.2 Å². The lowest BCUT2D eigenvalue weighted by molar-refractivity contribution is -0.147. The van der Waals surface area contributed by atoms with E-state index in [1.54, 1.807) is 12.1 Å². The number of alkyl halides is 3. The Bertz CT molecular complexity index is 938. The minimum atomic E-state index is -4.51. The molecule has 6 nitrogen and oxygen atoms in total. The predicted octanol–water partition coefficient (Wildman–Crippen LogP) is 4.61. The number of halogens is 3. The van der Waals surface area contributed by atoms with Crippen LogP contribution in [0.4, 0.5) is 24.5 Å². The van der Waals surface area contributed by atoms with Crippen LogP contribution in [0.25, 0.3) is 0 Å². The van der Waals surface area contributed by atoms with Crippen molar-refractivity contribution in [2.24, 2.45) is 0 Å². The smallest absolute Gasteiger partial charge is 0.416 e. The monoisotopic (exact) mass is 436 g/mol. The molecule has 2 aromatic rings. The number of benzene rings is 2. The Balaban J connectivity index is 1.69. The molecule has 2 aromatic carbocycles. The fourth-order valence-corrected chi connectivity index (χ4v) is 2.85. The van der Waals surface area contributed by atoms with Gasteiger partial charge in [0.05, 0.1) is 5.56 Å². The number of esters is 1. The van der Waals surface area contributed by atoms with Crippen LogP contribution in [0.2, 0.25) is 0 Å². The van der Waals surface area contributed by atoms with E-state index in [0.717, 1.165) is 23.3 Å². The molecule has 0 aliphatic heterocycles. The van der Waals surface area contributed by atoms with Crippen LogP contribution in [0.5, 0.6) is 0 Å². The van der Waals surface area contributed by atoms with Crippen LogP contribution in [0, 0.1) is 13.8 Å². The third-order valence-corrected chi connectivity index (χ3v) is 4.13. The topological polar surface area (TPSA) is 84.5 Å². The number of anilines is 2. The molecule has 166 valence electrons. The summed E-state index contributed by atoms with van der Waals surface area (Å²) >= 11 is 0. The highest BCUT2D eigenvalue weighted by molar-refractivity contribution is 5.93. The summed E-state index contributed by atoms with van der Waals surface area (Å²) in [6, 6.07) is 9.81. The molecule has 9 heteroatoms.